The van der Waals surface area contributed by atoms with Gasteiger partial charge in [-0.1, -0.05) is 5.16 Å². The molecule has 4 aromatic rings. The van der Waals surface area contributed by atoms with Gasteiger partial charge in [0.05, 0.1) is 4.90 Å². The van der Waals surface area contributed by atoms with E-state index in [-0.39, 0.29) is 29.6 Å². The first-order chi connectivity index (χ1) is 15.0. The molecule has 3 heterocycles. The fraction of sp³-hybridized carbons (Fsp3) is 0.105. The van der Waals surface area contributed by atoms with Crippen LogP contribution in [0.15, 0.2) is 69.0 Å². The molecular weight excluding hydrogens is 440 g/mol. The number of amides is 1. The summed E-state index contributed by atoms with van der Waals surface area (Å²) in [5.41, 5.74) is 1.33. The van der Waals surface area contributed by atoms with E-state index in [1.807, 2.05) is 16.8 Å². The van der Waals surface area contributed by atoms with Crippen molar-refractivity contribution in [1.82, 2.24) is 20.1 Å². The van der Waals surface area contributed by atoms with E-state index in [1.165, 1.54) is 48.0 Å². The number of carbonyl (C=O) groups excluding carboxylic acids is 1. The van der Waals surface area contributed by atoms with Crippen LogP contribution in [0.5, 0.6) is 0 Å². The van der Waals surface area contributed by atoms with Crippen LogP contribution in [0.4, 0.5) is 11.6 Å². The van der Waals surface area contributed by atoms with E-state index < -0.39 is 10.0 Å². The van der Waals surface area contributed by atoms with Crippen molar-refractivity contribution < 1.29 is 17.7 Å². The summed E-state index contributed by atoms with van der Waals surface area (Å²) < 4.78 is 32.2. The number of hydrogen-bond acceptors (Lipinski definition) is 9. The Kier molecular flexibility index (Phi) is 6.00. The molecular formula is C19H16N6O4S2. The van der Waals surface area contributed by atoms with Gasteiger partial charge in [0, 0.05) is 41.9 Å². The maximum Gasteiger partial charge on any atom is 0.264 e. The van der Waals surface area contributed by atoms with Crippen LogP contribution in [0.2, 0.25) is 0 Å². The molecule has 0 unspecified atom stereocenters. The first-order valence-electron chi connectivity index (χ1n) is 9.04. The third-order valence-corrected chi connectivity index (χ3v) is 6.08. The molecule has 10 nitrogen and oxygen atoms in total. The van der Waals surface area contributed by atoms with Crippen LogP contribution in [-0.2, 0) is 21.2 Å². The van der Waals surface area contributed by atoms with Crippen LogP contribution < -0.4 is 10.0 Å². The fourth-order valence-corrected chi connectivity index (χ4v) is 4.15. The van der Waals surface area contributed by atoms with Crippen LogP contribution >= 0.6 is 11.3 Å². The van der Waals surface area contributed by atoms with Crippen LogP contribution in [0.3, 0.4) is 0 Å². The average molecular weight is 457 g/mol. The normalized spacial score (nSPS) is 11.2. The molecule has 0 atom stereocenters. The van der Waals surface area contributed by atoms with Gasteiger partial charge in [-0.3, -0.25) is 4.79 Å². The number of anilines is 2. The molecule has 158 valence electrons. The predicted molar refractivity (Wildman–Crippen MR) is 114 cm³/mol. The molecule has 0 spiro atoms. The maximum atomic E-state index is 12.4. The summed E-state index contributed by atoms with van der Waals surface area (Å²) in [5.74, 6) is 0.569. The lowest BCUT2D eigenvalue weighted by Gasteiger charge is -2.08. The van der Waals surface area contributed by atoms with Gasteiger partial charge in [-0.2, -0.15) is 16.3 Å². The summed E-state index contributed by atoms with van der Waals surface area (Å²) in [6, 6.07) is 9.23. The molecule has 1 amide bonds. The second-order valence-electron chi connectivity index (χ2n) is 6.27. The molecule has 4 rings (SSSR count). The van der Waals surface area contributed by atoms with Gasteiger partial charge in [-0.15, -0.1) is 0 Å². The van der Waals surface area contributed by atoms with Crippen LogP contribution in [0.25, 0.3) is 11.4 Å². The summed E-state index contributed by atoms with van der Waals surface area (Å²) in [5, 5.41) is 10.4. The first kappa shape index (κ1) is 20.6. The molecule has 0 bridgehead atoms. The van der Waals surface area contributed by atoms with E-state index in [4.69, 9.17) is 4.52 Å². The lowest BCUT2D eigenvalue weighted by atomic mass is 10.2. The molecule has 3 aromatic heterocycles. The van der Waals surface area contributed by atoms with Crippen molar-refractivity contribution in [2.24, 2.45) is 0 Å². The topological polar surface area (TPSA) is 140 Å². The molecule has 0 saturated heterocycles. The van der Waals surface area contributed by atoms with Gasteiger partial charge in [0.2, 0.25) is 23.6 Å². The number of hydrogen-bond donors (Lipinski definition) is 2. The lowest BCUT2D eigenvalue weighted by Crippen LogP contribution is -2.15. The van der Waals surface area contributed by atoms with Gasteiger partial charge in [-0.25, -0.2) is 23.1 Å². The summed E-state index contributed by atoms with van der Waals surface area (Å²) >= 11 is 1.53. The third-order valence-electron chi connectivity index (χ3n) is 4.05. The summed E-state index contributed by atoms with van der Waals surface area (Å²) in [6.45, 7) is 0. The zero-order chi connectivity index (χ0) is 21.7. The zero-order valence-corrected chi connectivity index (χ0v) is 17.6. The molecule has 0 fully saturated rings. The smallest absolute Gasteiger partial charge is 0.264 e. The summed E-state index contributed by atoms with van der Waals surface area (Å²) in [4.78, 5) is 24.2. The van der Waals surface area contributed by atoms with Crippen LogP contribution in [0, 0.1) is 0 Å². The maximum absolute atomic E-state index is 12.4. The first-order valence-corrected chi connectivity index (χ1v) is 11.5. The highest BCUT2D eigenvalue weighted by molar-refractivity contribution is 7.92. The van der Waals surface area contributed by atoms with E-state index in [2.05, 4.69) is 30.1 Å². The van der Waals surface area contributed by atoms with E-state index in [9.17, 15) is 13.2 Å². The highest BCUT2D eigenvalue weighted by atomic mass is 32.2. The molecule has 31 heavy (non-hydrogen) atoms. The Morgan fingerprint density at radius 2 is 1.87 bits per heavy atom. The van der Waals surface area contributed by atoms with Gasteiger partial charge in [0.15, 0.2) is 0 Å². The van der Waals surface area contributed by atoms with Crippen molar-refractivity contribution in [3.63, 3.8) is 0 Å². The van der Waals surface area contributed by atoms with Crippen LogP contribution in [-0.4, -0.2) is 34.4 Å². The van der Waals surface area contributed by atoms with E-state index in [1.54, 1.807) is 6.07 Å². The Hall–Kier alpha value is -3.64. The predicted octanol–water partition coefficient (Wildman–Crippen LogP) is 2.96. The van der Waals surface area contributed by atoms with Crippen molar-refractivity contribution in [1.29, 1.82) is 0 Å². The number of carbonyl (C=O) groups is 1. The molecule has 0 aliphatic heterocycles. The number of thiophene rings is 1. The molecule has 1 aromatic carbocycles. The van der Waals surface area contributed by atoms with Gasteiger partial charge in [0.25, 0.3) is 10.0 Å². The fourth-order valence-electron chi connectivity index (χ4n) is 2.56. The Morgan fingerprint density at radius 3 is 2.58 bits per heavy atom. The number of nitrogens with zero attached hydrogens (tertiary/aromatic N) is 4. The van der Waals surface area contributed by atoms with Crippen molar-refractivity contribution in [2.45, 2.75) is 17.7 Å². The zero-order valence-electron chi connectivity index (χ0n) is 15.9. The number of benzene rings is 1. The van der Waals surface area contributed by atoms with Gasteiger partial charge in [-0.05, 0) is 41.8 Å². The quantitative estimate of drug-likeness (QED) is 0.412. The highest BCUT2D eigenvalue weighted by Gasteiger charge is 2.16. The van der Waals surface area contributed by atoms with Crippen molar-refractivity contribution in [3.8, 4) is 11.4 Å². The molecule has 0 radical (unpaired) electrons. The summed E-state index contributed by atoms with van der Waals surface area (Å²) in [7, 11) is -3.84. The van der Waals surface area contributed by atoms with E-state index >= 15 is 0 Å². The Bertz CT molecular complexity index is 1260. The molecule has 12 heteroatoms. The Morgan fingerprint density at radius 1 is 1.10 bits per heavy atom. The minimum absolute atomic E-state index is 0.0183. The van der Waals surface area contributed by atoms with Crippen molar-refractivity contribution >= 4 is 38.9 Å². The Labute approximate surface area is 181 Å². The number of sulfonamides is 1. The average Bonchev–Trinajstić information content (AvgIpc) is 3.45. The largest absolute Gasteiger partial charge is 0.339 e. The number of aryl methyl sites for hydroxylation is 1. The SMILES string of the molecule is O=C(CCc1nc(-c2ccsc2)no1)Nc1ccc(S(=O)(=O)Nc2ncccn2)cc1. The van der Waals surface area contributed by atoms with Gasteiger partial charge >= 0.3 is 0 Å². The second kappa shape index (κ2) is 9.02. The molecule has 0 saturated carbocycles. The van der Waals surface area contributed by atoms with E-state index in [0.29, 0.717) is 17.4 Å². The minimum Gasteiger partial charge on any atom is -0.339 e. The second-order valence-corrected chi connectivity index (χ2v) is 8.74. The lowest BCUT2D eigenvalue weighted by molar-refractivity contribution is -0.116. The third kappa shape index (κ3) is 5.29. The molecule has 0 aliphatic rings. The van der Waals surface area contributed by atoms with Crippen molar-refractivity contribution in [2.75, 3.05) is 10.0 Å². The number of rotatable bonds is 8. The van der Waals surface area contributed by atoms with Crippen molar-refractivity contribution in [3.05, 3.63) is 65.4 Å². The standard InChI is InChI=1S/C19H16N6O4S2/c26-16(6-7-17-23-18(24-29-17)13-8-11-30-12-13)22-14-2-4-15(5-3-14)31(27,28)25-19-20-9-1-10-21-19/h1-5,8-12H,6-7H2,(H,22,26)(H,20,21,25). The monoisotopic (exact) mass is 456 g/mol. The Balaban J connectivity index is 1.32. The van der Waals surface area contributed by atoms with E-state index in [0.717, 1.165) is 5.56 Å². The number of aromatic nitrogens is 4. The van der Waals surface area contributed by atoms with Crippen LogP contribution in [0.1, 0.15) is 12.3 Å². The number of nitrogens with one attached hydrogen (secondary N) is 2. The summed E-state index contributed by atoms with van der Waals surface area (Å²) in [6.07, 6.45) is 3.29. The molecule has 2 N–H and O–H groups in total. The van der Waals surface area contributed by atoms with Gasteiger partial charge in [0.1, 0.15) is 0 Å². The highest BCUT2D eigenvalue weighted by Crippen LogP contribution is 2.19. The van der Waals surface area contributed by atoms with Gasteiger partial charge < -0.3 is 9.84 Å². The molecule has 0 aliphatic carbocycles. The minimum atomic E-state index is -3.84.